The molecule has 6 nitrogen and oxygen atoms in total. The van der Waals surface area contributed by atoms with Crippen molar-refractivity contribution in [1.82, 2.24) is 19.7 Å². The van der Waals surface area contributed by atoms with Gasteiger partial charge in [-0.2, -0.15) is 0 Å². The standard InChI is InChI=1S/C11H18N4O2/c1-9(16)15-5-3-4-10(15)11-13-12-8-14(11)6-7-17-2/h8,10H,3-7H2,1-2H3/t10-/m1/s1. The Morgan fingerprint density at radius 1 is 1.65 bits per heavy atom. The fraction of sp³-hybridized carbons (Fsp3) is 0.727. The molecule has 1 atom stereocenters. The van der Waals surface area contributed by atoms with E-state index in [1.165, 1.54) is 0 Å². The molecule has 0 saturated carbocycles. The predicted octanol–water partition coefficient (Wildman–Crippen LogP) is 0.608. The van der Waals surface area contributed by atoms with E-state index >= 15 is 0 Å². The zero-order valence-electron chi connectivity index (χ0n) is 10.3. The van der Waals surface area contributed by atoms with E-state index in [0.717, 1.165) is 31.8 Å². The van der Waals surface area contributed by atoms with Gasteiger partial charge >= 0.3 is 0 Å². The number of hydrogen-bond donors (Lipinski definition) is 0. The van der Waals surface area contributed by atoms with Crippen LogP contribution in [0.25, 0.3) is 0 Å². The van der Waals surface area contributed by atoms with Crippen molar-refractivity contribution >= 4 is 5.91 Å². The lowest BCUT2D eigenvalue weighted by Gasteiger charge is -2.22. The zero-order valence-corrected chi connectivity index (χ0v) is 10.3. The van der Waals surface area contributed by atoms with Gasteiger partial charge in [0.15, 0.2) is 5.82 Å². The van der Waals surface area contributed by atoms with E-state index in [4.69, 9.17) is 4.74 Å². The van der Waals surface area contributed by atoms with Crippen LogP contribution < -0.4 is 0 Å². The lowest BCUT2D eigenvalue weighted by molar-refractivity contribution is -0.129. The summed E-state index contributed by atoms with van der Waals surface area (Å²) in [6.45, 7) is 3.77. The minimum Gasteiger partial charge on any atom is -0.383 e. The number of ether oxygens (including phenoxy) is 1. The molecular formula is C11H18N4O2. The molecule has 1 aliphatic heterocycles. The monoisotopic (exact) mass is 238 g/mol. The van der Waals surface area contributed by atoms with Crippen LogP contribution in [0, 0.1) is 0 Å². The first-order valence-corrected chi connectivity index (χ1v) is 5.88. The van der Waals surface area contributed by atoms with Gasteiger partial charge in [0, 0.05) is 27.1 Å². The lowest BCUT2D eigenvalue weighted by atomic mass is 10.2. The SMILES string of the molecule is COCCn1cnnc1[C@H]1CCCN1C(C)=O. The molecule has 0 radical (unpaired) electrons. The van der Waals surface area contributed by atoms with Crippen molar-refractivity contribution in [3.8, 4) is 0 Å². The highest BCUT2D eigenvalue weighted by molar-refractivity contribution is 5.74. The van der Waals surface area contributed by atoms with E-state index in [0.29, 0.717) is 6.61 Å². The maximum absolute atomic E-state index is 11.5. The highest BCUT2D eigenvalue weighted by Gasteiger charge is 2.31. The first-order chi connectivity index (χ1) is 8.24. The molecule has 1 amide bonds. The van der Waals surface area contributed by atoms with Gasteiger partial charge in [0.2, 0.25) is 5.91 Å². The van der Waals surface area contributed by atoms with Crippen molar-refractivity contribution in [2.45, 2.75) is 32.4 Å². The summed E-state index contributed by atoms with van der Waals surface area (Å²) in [5.74, 6) is 0.976. The molecule has 0 bridgehead atoms. The quantitative estimate of drug-likeness (QED) is 0.771. The maximum atomic E-state index is 11.5. The summed E-state index contributed by atoms with van der Waals surface area (Å²) < 4.78 is 7.02. The summed E-state index contributed by atoms with van der Waals surface area (Å²) in [7, 11) is 1.67. The molecule has 6 heteroatoms. The van der Waals surface area contributed by atoms with Crippen LogP contribution in [0.4, 0.5) is 0 Å². The minimum absolute atomic E-state index is 0.0758. The van der Waals surface area contributed by atoms with Gasteiger partial charge in [-0.1, -0.05) is 0 Å². The third kappa shape index (κ3) is 2.46. The van der Waals surface area contributed by atoms with Gasteiger partial charge in [0.05, 0.1) is 12.6 Å². The smallest absolute Gasteiger partial charge is 0.220 e. The van der Waals surface area contributed by atoms with E-state index in [1.54, 1.807) is 20.4 Å². The molecular weight excluding hydrogens is 220 g/mol. The Kier molecular flexibility index (Phi) is 3.73. The van der Waals surface area contributed by atoms with Crippen LogP contribution in [0.3, 0.4) is 0 Å². The summed E-state index contributed by atoms with van der Waals surface area (Å²) in [6.07, 6.45) is 3.69. The third-order valence-electron chi connectivity index (χ3n) is 3.14. The molecule has 1 aromatic heterocycles. The Balaban J connectivity index is 2.15. The number of likely N-dealkylation sites (tertiary alicyclic amines) is 1. The Bertz CT molecular complexity index is 391. The van der Waals surface area contributed by atoms with Crippen molar-refractivity contribution in [2.24, 2.45) is 0 Å². The van der Waals surface area contributed by atoms with Crippen LogP contribution in [0.2, 0.25) is 0 Å². The first kappa shape index (κ1) is 12.0. The highest BCUT2D eigenvalue weighted by Crippen LogP contribution is 2.30. The number of methoxy groups -OCH3 is 1. The van der Waals surface area contributed by atoms with Crippen LogP contribution in [0.1, 0.15) is 31.6 Å². The Hall–Kier alpha value is -1.43. The fourth-order valence-electron chi connectivity index (χ4n) is 2.30. The zero-order chi connectivity index (χ0) is 12.3. The molecule has 17 heavy (non-hydrogen) atoms. The van der Waals surface area contributed by atoms with Crippen LogP contribution in [-0.2, 0) is 16.1 Å². The number of nitrogens with zero attached hydrogens (tertiary/aromatic N) is 4. The van der Waals surface area contributed by atoms with Gasteiger partial charge in [-0.3, -0.25) is 4.79 Å². The van der Waals surface area contributed by atoms with Gasteiger partial charge in [-0.05, 0) is 12.8 Å². The van der Waals surface area contributed by atoms with Gasteiger partial charge in [-0.15, -0.1) is 10.2 Å². The maximum Gasteiger partial charge on any atom is 0.220 e. The number of aromatic nitrogens is 3. The molecule has 94 valence electrons. The summed E-state index contributed by atoms with van der Waals surface area (Å²) in [4.78, 5) is 13.4. The minimum atomic E-state index is 0.0758. The molecule has 0 N–H and O–H groups in total. The molecule has 0 aromatic carbocycles. The molecule has 0 spiro atoms. The number of rotatable bonds is 4. The number of carbonyl (C=O) groups is 1. The molecule has 2 rings (SSSR count). The number of carbonyl (C=O) groups excluding carboxylic acids is 1. The summed E-state index contributed by atoms with van der Waals surface area (Å²) in [5.41, 5.74) is 0. The van der Waals surface area contributed by atoms with Crippen molar-refractivity contribution in [1.29, 1.82) is 0 Å². The van der Waals surface area contributed by atoms with Gasteiger partial charge in [0.25, 0.3) is 0 Å². The van der Waals surface area contributed by atoms with E-state index in [-0.39, 0.29) is 11.9 Å². The summed E-state index contributed by atoms with van der Waals surface area (Å²) in [5, 5.41) is 8.08. The third-order valence-corrected chi connectivity index (χ3v) is 3.14. The highest BCUT2D eigenvalue weighted by atomic mass is 16.5. The molecule has 1 fully saturated rings. The van der Waals surface area contributed by atoms with Crippen LogP contribution in [0.15, 0.2) is 6.33 Å². The van der Waals surface area contributed by atoms with E-state index in [9.17, 15) is 4.79 Å². The van der Waals surface area contributed by atoms with Crippen LogP contribution in [0.5, 0.6) is 0 Å². The van der Waals surface area contributed by atoms with Crippen LogP contribution >= 0.6 is 0 Å². The Labute approximate surface area is 101 Å². The van der Waals surface area contributed by atoms with E-state index in [2.05, 4.69) is 10.2 Å². The first-order valence-electron chi connectivity index (χ1n) is 5.88. The van der Waals surface area contributed by atoms with Gasteiger partial charge < -0.3 is 14.2 Å². The van der Waals surface area contributed by atoms with Gasteiger partial charge in [-0.25, -0.2) is 0 Å². The average Bonchev–Trinajstić information content (AvgIpc) is 2.94. The lowest BCUT2D eigenvalue weighted by Crippen LogP contribution is -2.30. The van der Waals surface area contributed by atoms with Crippen molar-refractivity contribution in [3.63, 3.8) is 0 Å². The van der Waals surface area contributed by atoms with E-state index in [1.807, 2.05) is 9.47 Å². The summed E-state index contributed by atoms with van der Waals surface area (Å²) in [6, 6.07) is 0.0758. The second kappa shape index (κ2) is 5.27. The fourth-order valence-corrected chi connectivity index (χ4v) is 2.30. The molecule has 2 heterocycles. The molecule has 1 aromatic rings. The predicted molar refractivity (Wildman–Crippen MR) is 61.3 cm³/mol. The molecule has 0 aliphatic carbocycles. The summed E-state index contributed by atoms with van der Waals surface area (Å²) >= 11 is 0. The van der Waals surface area contributed by atoms with Crippen LogP contribution in [-0.4, -0.2) is 45.8 Å². The second-order valence-corrected chi connectivity index (χ2v) is 4.25. The second-order valence-electron chi connectivity index (χ2n) is 4.25. The van der Waals surface area contributed by atoms with Crippen molar-refractivity contribution in [2.75, 3.05) is 20.3 Å². The number of hydrogen-bond acceptors (Lipinski definition) is 4. The average molecular weight is 238 g/mol. The largest absolute Gasteiger partial charge is 0.383 e. The number of amides is 1. The Morgan fingerprint density at radius 2 is 2.47 bits per heavy atom. The topological polar surface area (TPSA) is 60.2 Å². The van der Waals surface area contributed by atoms with Gasteiger partial charge in [0.1, 0.15) is 6.33 Å². The molecule has 1 saturated heterocycles. The molecule has 1 aliphatic rings. The van der Waals surface area contributed by atoms with Crippen molar-refractivity contribution < 1.29 is 9.53 Å². The van der Waals surface area contributed by atoms with Crippen molar-refractivity contribution in [3.05, 3.63) is 12.2 Å². The van der Waals surface area contributed by atoms with E-state index < -0.39 is 0 Å². The normalized spacial score (nSPS) is 19.9. The Morgan fingerprint density at radius 3 is 3.18 bits per heavy atom. The molecule has 0 unspecified atom stereocenters.